The predicted molar refractivity (Wildman–Crippen MR) is 84.1 cm³/mol. The van der Waals surface area contributed by atoms with Crippen LogP contribution in [0.2, 0.25) is 0 Å². The zero-order chi connectivity index (χ0) is 20.3. The van der Waals surface area contributed by atoms with Gasteiger partial charge in [-0.15, -0.1) is 0 Å². The van der Waals surface area contributed by atoms with Crippen molar-refractivity contribution in [3.05, 3.63) is 11.5 Å². The normalized spacial score (nSPS) is 24.3. The van der Waals surface area contributed by atoms with Gasteiger partial charge in [-0.3, -0.25) is 19.2 Å². The summed E-state index contributed by atoms with van der Waals surface area (Å²) in [5.41, 5.74) is 4.75. The number of hydrogen-bond donors (Lipinski definition) is 3. The maximum Gasteiger partial charge on any atom is 0.303 e. The Morgan fingerprint density at radius 2 is 1.70 bits per heavy atom. The molecule has 1 aromatic rings. The van der Waals surface area contributed by atoms with Crippen molar-refractivity contribution in [2.75, 3.05) is 6.61 Å². The number of imidazole rings is 1. The molecule has 0 bridgehead atoms. The quantitative estimate of drug-likeness (QED) is 0.409. The van der Waals surface area contributed by atoms with E-state index in [1.165, 1.54) is 6.92 Å². The van der Waals surface area contributed by atoms with Crippen LogP contribution in [0.3, 0.4) is 0 Å². The third kappa shape index (κ3) is 4.73. The molecule has 12 nitrogen and oxygen atoms in total. The third-order valence-electron chi connectivity index (χ3n) is 3.58. The lowest BCUT2D eigenvalue weighted by molar-refractivity contribution is -0.165. The molecule has 1 fully saturated rings. The number of primary amides is 1. The fraction of sp³-hybridized carbons (Fsp3) is 0.533. The van der Waals surface area contributed by atoms with Gasteiger partial charge in [0, 0.05) is 20.8 Å². The van der Waals surface area contributed by atoms with Crippen LogP contribution < -0.4 is 5.73 Å². The van der Waals surface area contributed by atoms with Crippen molar-refractivity contribution in [1.29, 1.82) is 0 Å². The van der Waals surface area contributed by atoms with Crippen molar-refractivity contribution in [2.45, 2.75) is 45.2 Å². The first-order valence-corrected chi connectivity index (χ1v) is 7.82. The maximum absolute atomic E-state index is 11.5. The van der Waals surface area contributed by atoms with Crippen LogP contribution in [0.5, 0.6) is 5.88 Å². The Morgan fingerprint density at radius 3 is 2.19 bits per heavy atom. The number of nitrogens with two attached hydrogens (primary N) is 1. The van der Waals surface area contributed by atoms with Gasteiger partial charge in [0.1, 0.15) is 18.5 Å². The van der Waals surface area contributed by atoms with E-state index in [0.717, 1.165) is 13.8 Å². The largest absolute Gasteiger partial charge is 0.492 e. The van der Waals surface area contributed by atoms with Gasteiger partial charge in [-0.25, -0.2) is 0 Å². The number of carbonyl (C=O) groups excluding carboxylic acids is 4. The molecule has 0 unspecified atom stereocenters. The molecule has 27 heavy (non-hydrogen) atoms. The summed E-state index contributed by atoms with van der Waals surface area (Å²) >= 11 is 0. The van der Waals surface area contributed by atoms with E-state index in [-0.39, 0.29) is 18.1 Å². The van der Waals surface area contributed by atoms with Gasteiger partial charge in [0.25, 0.3) is 5.91 Å². The molecule has 1 aliphatic rings. The summed E-state index contributed by atoms with van der Waals surface area (Å²) in [7, 11) is 0. The zero-order valence-electron chi connectivity index (χ0n) is 14.8. The molecule has 0 aliphatic carbocycles. The summed E-state index contributed by atoms with van der Waals surface area (Å²) in [6.07, 6.45) is -4.45. The highest BCUT2D eigenvalue weighted by atomic mass is 16.6. The molecule has 0 saturated carbocycles. The topological polar surface area (TPSA) is 180 Å². The zero-order valence-corrected chi connectivity index (χ0v) is 14.8. The van der Waals surface area contributed by atoms with Crippen LogP contribution in [0.25, 0.3) is 0 Å². The van der Waals surface area contributed by atoms with Gasteiger partial charge < -0.3 is 34.8 Å². The molecule has 0 aromatic carbocycles. The minimum Gasteiger partial charge on any atom is -0.492 e. The van der Waals surface area contributed by atoms with Crippen molar-refractivity contribution in [3.63, 3.8) is 0 Å². The number of ether oxygens (including phenoxy) is 4. The average molecular weight is 385 g/mol. The van der Waals surface area contributed by atoms with Gasteiger partial charge in [0.05, 0.1) is 0 Å². The van der Waals surface area contributed by atoms with Crippen molar-refractivity contribution < 1.29 is 43.2 Å². The van der Waals surface area contributed by atoms with Crippen LogP contribution in [0.4, 0.5) is 0 Å². The van der Waals surface area contributed by atoms with Crippen molar-refractivity contribution >= 4 is 23.8 Å². The van der Waals surface area contributed by atoms with Gasteiger partial charge in [-0.05, 0) is 0 Å². The number of esters is 3. The highest BCUT2D eigenvalue weighted by Gasteiger charge is 2.51. The first-order valence-electron chi connectivity index (χ1n) is 7.82. The number of aromatic amines is 1. The number of rotatable bonds is 6. The Hall–Kier alpha value is -3.15. The number of nitrogens with one attached hydrogen (secondary N) is 1. The van der Waals surface area contributed by atoms with Crippen LogP contribution in [-0.2, 0) is 33.3 Å². The lowest BCUT2D eigenvalue weighted by Crippen LogP contribution is -2.40. The molecule has 1 aliphatic heterocycles. The summed E-state index contributed by atoms with van der Waals surface area (Å²) in [4.78, 5) is 51.6. The highest BCUT2D eigenvalue weighted by molar-refractivity contribution is 5.93. The molecular formula is C15H19N3O9. The fourth-order valence-corrected chi connectivity index (χ4v) is 2.62. The lowest BCUT2D eigenvalue weighted by Gasteiger charge is -2.22. The van der Waals surface area contributed by atoms with Gasteiger partial charge in [0.2, 0.25) is 5.88 Å². The van der Waals surface area contributed by atoms with Crippen molar-refractivity contribution in [2.24, 2.45) is 5.73 Å². The molecule has 12 heteroatoms. The minimum absolute atomic E-state index is 0.0879. The van der Waals surface area contributed by atoms with Crippen molar-refractivity contribution in [3.8, 4) is 5.88 Å². The summed E-state index contributed by atoms with van der Waals surface area (Å²) < 4.78 is 21.0. The molecule has 2 heterocycles. The van der Waals surface area contributed by atoms with E-state index in [0.29, 0.717) is 0 Å². The fourth-order valence-electron chi connectivity index (χ4n) is 2.62. The van der Waals surface area contributed by atoms with E-state index in [4.69, 9.17) is 24.7 Å². The monoisotopic (exact) mass is 385 g/mol. The molecule has 0 spiro atoms. The first-order chi connectivity index (χ1) is 12.6. The van der Waals surface area contributed by atoms with E-state index < -0.39 is 54.1 Å². The Balaban J connectivity index is 2.39. The van der Waals surface area contributed by atoms with Crippen LogP contribution in [0.15, 0.2) is 0 Å². The van der Waals surface area contributed by atoms with E-state index >= 15 is 0 Å². The molecule has 0 radical (unpaired) electrons. The van der Waals surface area contributed by atoms with Crippen LogP contribution in [-0.4, -0.2) is 63.8 Å². The predicted octanol–water partition coefficient (Wildman–Crippen LogP) is -0.919. The van der Waals surface area contributed by atoms with Gasteiger partial charge in [-0.2, -0.15) is 4.98 Å². The summed E-state index contributed by atoms with van der Waals surface area (Å²) in [5, 5.41) is 9.72. The highest BCUT2D eigenvalue weighted by Crippen LogP contribution is 2.37. The summed E-state index contributed by atoms with van der Waals surface area (Å²) in [5.74, 6) is -3.72. The molecular weight excluding hydrogens is 366 g/mol. The number of aromatic hydroxyl groups is 1. The summed E-state index contributed by atoms with van der Waals surface area (Å²) in [6.45, 7) is 3.16. The van der Waals surface area contributed by atoms with Gasteiger partial charge in [-0.1, -0.05) is 0 Å². The number of H-pyrrole nitrogens is 1. The van der Waals surface area contributed by atoms with Gasteiger partial charge >= 0.3 is 17.9 Å². The number of amides is 1. The molecule has 1 amide bonds. The molecule has 4 N–H and O–H groups in total. The average Bonchev–Trinajstić information content (AvgIpc) is 3.06. The third-order valence-corrected chi connectivity index (χ3v) is 3.58. The Kier molecular flexibility index (Phi) is 6.00. The molecule has 2 rings (SSSR count). The smallest absolute Gasteiger partial charge is 0.303 e. The van der Waals surface area contributed by atoms with Crippen molar-refractivity contribution in [1.82, 2.24) is 9.97 Å². The second-order valence-corrected chi connectivity index (χ2v) is 5.73. The Labute approximate surface area is 152 Å². The second kappa shape index (κ2) is 8.03. The minimum atomic E-state index is -1.18. The maximum atomic E-state index is 11.5. The molecule has 1 aromatic heterocycles. The van der Waals surface area contributed by atoms with E-state index in [1.807, 2.05) is 0 Å². The number of aromatic nitrogens is 2. The Bertz CT molecular complexity index is 760. The van der Waals surface area contributed by atoms with Crippen LogP contribution in [0.1, 0.15) is 43.2 Å². The van der Waals surface area contributed by atoms with Crippen LogP contribution in [0, 0.1) is 0 Å². The van der Waals surface area contributed by atoms with Gasteiger partial charge in [0.15, 0.2) is 24.0 Å². The first kappa shape index (κ1) is 20.2. The Morgan fingerprint density at radius 1 is 1.11 bits per heavy atom. The molecule has 1 saturated heterocycles. The molecule has 148 valence electrons. The SMILES string of the molecule is CC(=O)OC[C@H]1O[C@@H](c2nc(O)c(C(N)=O)[nH]2)[C@H](OC(C)=O)[C@@H]1OC(C)=O. The number of carbonyl (C=O) groups is 4. The lowest BCUT2D eigenvalue weighted by atomic mass is 10.1. The van der Waals surface area contributed by atoms with E-state index in [1.54, 1.807) is 0 Å². The number of hydrogen-bond acceptors (Lipinski definition) is 10. The van der Waals surface area contributed by atoms with E-state index in [9.17, 15) is 24.3 Å². The molecule has 4 atom stereocenters. The number of nitrogens with zero attached hydrogens (tertiary/aromatic N) is 1. The summed E-state index contributed by atoms with van der Waals surface area (Å²) in [6, 6.07) is 0. The van der Waals surface area contributed by atoms with E-state index in [2.05, 4.69) is 9.97 Å². The second-order valence-electron chi connectivity index (χ2n) is 5.73. The van der Waals surface area contributed by atoms with Crippen LogP contribution >= 0.6 is 0 Å². The standard InChI is InChI=1S/C15H19N3O9/c1-5(19)24-4-8-10(25-6(2)20)11(26-7(3)21)12(27-8)14-17-9(13(16)22)15(23)18-14/h8,10-12,23H,4H2,1-3H3,(H2,16,22)(H,17,18)/t8-,10-,11-,12-/m1/s1.